The molecule has 2 aromatic heterocycles. The number of hydrogen-bond acceptors (Lipinski definition) is 5. The predicted molar refractivity (Wildman–Crippen MR) is 100 cm³/mol. The summed E-state index contributed by atoms with van der Waals surface area (Å²) in [7, 11) is 1.40. The number of halogens is 3. The van der Waals surface area contributed by atoms with Crippen molar-refractivity contribution in [2.24, 2.45) is 7.05 Å². The molecule has 0 atom stereocenters. The minimum absolute atomic E-state index is 0.115. The molecule has 1 amide bonds. The Morgan fingerprint density at radius 1 is 1.17 bits per heavy atom. The molecule has 0 saturated carbocycles. The number of carbonyl (C=O) groups is 1. The summed E-state index contributed by atoms with van der Waals surface area (Å²) in [5.41, 5.74) is 7.09. The largest absolute Gasteiger partial charge is 0.435 e. The molecule has 2 heterocycles. The van der Waals surface area contributed by atoms with Gasteiger partial charge in [-0.15, -0.1) is 0 Å². The van der Waals surface area contributed by atoms with Crippen molar-refractivity contribution in [3.63, 3.8) is 0 Å². The number of aromatic nitrogens is 3. The van der Waals surface area contributed by atoms with Gasteiger partial charge in [0, 0.05) is 24.0 Å². The fourth-order valence-electron chi connectivity index (χ4n) is 2.89. The lowest BCUT2D eigenvalue weighted by molar-refractivity contribution is -0.141. The van der Waals surface area contributed by atoms with Crippen LogP contribution in [0.4, 0.5) is 24.5 Å². The van der Waals surface area contributed by atoms with Crippen LogP contribution < -0.4 is 11.1 Å². The Morgan fingerprint density at radius 3 is 2.59 bits per heavy atom. The normalized spacial score (nSPS) is 11.7. The summed E-state index contributed by atoms with van der Waals surface area (Å²) in [4.78, 5) is 16.5. The number of alkyl halides is 3. The Morgan fingerprint density at radius 2 is 1.93 bits per heavy atom. The molecule has 0 saturated heterocycles. The highest BCUT2D eigenvalue weighted by molar-refractivity contribution is 6.02. The number of nitrogen functional groups attached to an aromatic ring is 1. The highest BCUT2D eigenvalue weighted by Crippen LogP contribution is 2.34. The molecule has 0 spiro atoms. The van der Waals surface area contributed by atoms with Gasteiger partial charge >= 0.3 is 12.1 Å². The highest BCUT2D eigenvalue weighted by Gasteiger charge is 2.34. The van der Waals surface area contributed by atoms with E-state index >= 15 is 0 Å². The first-order valence-electron chi connectivity index (χ1n) is 8.40. The number of nitrogens with two attached hydrogens (primary N) is 1. The molecule has 148 valence electrons. The van der Waals surface area contributed by atoms with Gasteiger partial charge in [-0.05, 0) is 36.4 Å². The number of oxazole rings is 1. The number of nitrogens with one attached hydrogen (secondary N) is 1. The van der Waals surface area contributed by atoms with Crippen LogP contribution in [-0.2, 0) is 13.2 Å². The third kappa shape index (κ3) is 3.51. The maximum Gasteiger partial charge on any atom is 0.435 e. The third-order valence-electron chi connectivity index (χ3n) is 4.24. The van der Waals surface area contributed by atoms with Crippen molar-refractivity contribution in [3.05, 3.63) is 60.1 Å². The van der Waals surface area contributed by atoms with Gasteiger partial charge in [0.05, 0.1) is 5.69 Å². The first kappa shape index (κ1) is 18.5. The maximum absolute atomic E-state index is 12.9. The van der Waals surface area contributed by atoms with Gasteiger partial charge in [-0.2, -0.15) is 18.3 Å². The standard InChI is InChI=1S/C19H14F3N5O2/c1-27-14(9-16(26-27)19(20,21)22)11-7-6-10(8-12(11)23)24-17(28)18-25-13-4-2-3-5-15(13)29-18/h2-9H,23H2,1H3,(H,24,28). The molecule has 0 bridgehead atoms. The zero-order valence-electron chi connectivity index (χ0n) is 15.0. The predicted octanol–water partition coefficient (Wildman–Crippen LogP) is 4.08. The SMILES string of the molecule is Cn1nc(C(F)(F)F)cc1-c1ccc(NC(=O)c2nc3ccccc3o2)cc1N. The average Bonchev–Trinajstić information content (AvgIpc) is 3.25. The van der Waals surface area contributed by atoms with E-state index in [-0.39, 0.29) is 17.3 Å². The molecule has 4 rings (SSSR count). The van der Waals surface area contributed by atoms with E-state index in [1.54, 1.807) is 24.3 Å². The molecule has 3 N–H and O–H groups in total. The van der Waals surface area contributed by atoms with Gasteiger partial charge in [0.2, 0.25) is 0 Å². The molecule has 7 nitrogen and oxygen atoms in total. The van der Waals surface area contributed by atoms with Crippen molar-refractivity contribution in [1.82, 2.24) is 14.8 Å². The second kappa shape index (κ2) is 6.66. The van der Waals surface area contributed by atoms with Crippen LogP contribution in [0.5, 0.6) is 0 Å². The van der Waals surface area contributed by atoms with Gasteiger partial charge < -0.3 is 15.5 Å². The summed E-state index contributed by atoms with van der Waals surface area (Å²) in [5.74, 6) is -0.691. The number of rotatable bonds is 3. The maximum atomic E-state index is 12.9. The van der Waals surface area contributed by atoms with E-state index in [4.69, 9.17) is 10.2 Å². The second-order valence-electron chi connectivity index (χ2n) is 6.28. The summed E-state index contributed by atoms with van der Waals surface area (Å²) in [6, 6.07) is 12.3. The van der Waals surface area contributed by atoms with Crippen molar-refractivity contribution in [3.8, 4) is 11.3 Å². The molecule has 29 heavy (non-hydrogen) atoms. The lowest BCUT2D eigenvalue weighted by Crippen LogP contribution is -2.12. The molecule has 10 heteroatoms. The van der Waals surface area contributed by atoms with Crippen molar-refractivity contribution >= 4 is 28.4 Å². The number of hydrogen-bond donors (Lipinski definition) is 2. The van der Waals surface area contributed by atoms with Gasteiger partial charge in [-0.1, -0.05) is 12.1 Å². The number of aryl methyl sites for hydroxylation is 1. The summed E-state index contributed by atoms with van der Waals surface area (Å²) < 4.78 is 45.1. The van der Waals surface area contributed by atoms with E-state index in [1.165, 1.54) is 25.2 Å². The zero-order valence-corrected chi connectivity index (χ0v) is 15.0. The van der Waals surface area contributed by atoms with E-state index < -0.39 is 17.8 Å². The summed E-state index contributed by atoms with van der Waals surface area (Å²) in [6.07, 6.45) is -4.56. The van der Waals surface area contributed by atoms with Crippen LogP contribution in [0.25, 0.3) is 22.4 Å². The van der Waals surface area contributed by atoms with E-state index in [9.17, 15) is 18.0 Å². The van der Waals surface area contributed by atoms with Gasteiger partial charge in [0.1, 0.15) is 5.52 Å². The van der Waals surface area contributed by atoms with Crippen LogP contribution in [0.3, 0.4) is 0 Å². The molecule has 4 aromatic rings. The molecule has 0 aliphatic rings. The van der Waals surface area contributed by atoms with Crippen LogP contribution in [0.2, 0.25) is 0 Å². The van der Waals surface area contributed by atoms with Crippen LogP contribution in [0.15, 0.2) is 52.9 Å². The smallest absolute Gasteiger partial charge is 0.432 e. The molecule has 2 aromatic carbocycles. The quantitative estimate of drug-likeness (QED) is 0.504. The molecular formula is C19H14F3N5O2. The van der Waals surface area contributed by atoms with Crippen LogP contribution in [-0.4, -0.2) is 20.7 Å². The number of benzene rings is 2. The second-order valence-corrected chi connectivity index (χ2v) is 6.28. The Balaban J connectivity index is 1.59. The molecule has 0 radical (unpaired) electrons. The van der Waals surface area contributed by atoms with E-state index in [0.29, 0.717) is 22.4 Å². The zero-order chi connectivity index (χ0) is 20.8. The van der Waals surface area contributed by atoms with Gasteiger partial charge in [0.15, 0.2) is 11.3 Å². The highest BCUT2D eigenvalue weighted by atomic mass is 19.4. The Bertz CT molecular complexity index is 1190. The lowest BCUT2D eigenvalue weighted by atomic mass is 10.1. The Hall–Kier alpha value is -3.82. The Kier molecular flexibility index (Phi) is 4.26. The minimum atomic E-state index is -4.56. The number of amides is 1. The van der Waals surface area contributed by atoms with Crippen molar-refractivity contribution < 1.29 is 22.4 Å². The van der Waals surface area contributed by atoms with Crippen LogP contribution >= 0.6 is 0 Å². The topological polar surface area (TPSA) is 99.0 Å². The molecule has 0 aliphatic carbocycles. The molecule has 0 fully saturated rings. The molecule has 0 unspecified atom stereocenters. The van der Waals surface area contributed by atoms with Crippen molar-refractivity contribution in [2.75, 3.05) is 11.1 Å². The number of nitrogens with zero attached hydrogens (tertiary/aromatic N) is 3. The summed E-state index contributed by atoms with van der Waals surface area (Å²) in [5, 5.41) is 6.08. The van der Waals surface area contributed by atoms with Gasteiger partial charge in [-0.25, -0.2) is 4.98 Å². The van der Waals surface area contributed by atoms with E-state index in [2.05, 4.69) is 15.4 Å². The number of anilines is 2. The van der Waals surface area contributed by atoms with Crippen molar-refractivity contribution in [1.29, 1.82) is 0 Å². The number of fused-ring (bicyclic) bond motifs is 1. The first-order chi connectivity index (χ1) is 13.7. The Labute approximate surface area is 161 Å². The number of para-hydroxylation sites is 2. The first-order valence-corrected chi connectivity index (χ1v) is 8.40. The summed E-state index contributed by atoms with van der Waals surface area (Å²) >= 11 is 0. The summed E-state index contributed by atoms with van der Waals surface area (Å²) in [6.45, 7) is 0. The number of carbonyl (C=O) groups excluding carboxylic acids is 1. The molecular weight excluding hydrogens is 387 g/mol. The monoisotopic (exact) mass is 401 g/mol. The minimum Gasteiger partial charge on any atom is -0.432 e. The molecule has 0 aliphatic heterocycles. The van der Waals surface area contributed by atoms with E-state index in [0.717, 1.165) is 10.7 Å². The third-order valence-corrected chi connectivity index (χ3v) is 4.24. The van der Waals surface area contributed by atoms with Crippen LogP contribution in [0.1, 0.15) is 16.4 Å². The van der Waals surface area contributed by atoms with Gasteiger partial charge in [-0.3, -0.25) is 9.48 Å². The average molecular weight is 401 g/mol. The van der Waals surface area contributed by atoms with E-state index in [1.807, 2.05) is 0 Å². The fourth-order valence-corrected chi connectivity index (χ4v) is 2.89. The lowest BCUT2D eigenvalue weighted by Gasteiger charge is -2.09. The van der Waals surface area contributed by atoms with Crippen LogP contribution in [0, 0.1) is 0 Å². The van der Waals surface area contributed by atoms with Gasteiger partial charge in [0.25, 0.3) is 5.89 Å². The fraction of sp³-hybridized carbons (Fsp3) is 0.105. The van der Waals surface area contributed by atoms with Crippen molar-refractivity contribution in [2.45, 2.75) is 6.18 Å².